The summed E-state index contributed by atoms with van der Waals surface area (Å²) in [5, 5.41) is 0. The van der Waals surface area contributed by atoms with E-state index in [0.717, 1.165) is 32.4 Å². The molecule has 0 aromatic rings. The van der Waals surface area contributed by atoms with Crippen molar-refractivity contribution in [3.05, 3.63) is 0 Å². The molecule has 0 bridgehead atoms. The minimum atomic E-state index is 0.323. The van der Waals surface area contributed by atoms with Crippen molar-refractivity contribution >= 4 is 21.8 Å². The normalized spacial score (nSPS) is 31.8. The summed E-state index contributed by atoms with van der Waals surface area (Å²) in [6, 6.07) is 0. The molecule has 1 saturated heterocycles. The highest BCUT2D eigenvalue weighted by Crippen LogP contribution is 2.28. The first-order valence-corrected chi connectivity index (χ1v) is 8.53. The zero-order valence-corrected chi connectivity index (χ0v) is 13.1. The Bertz CT molecular complexity index is 267. The van der Waals surface area contributed by atoms with E-state index in [2.05, 4.69) is 27.8 Å². The van der Waals surface area contributed by atoms with Gasteiger partial charge in [-0.2, -0.15) is 0 Å². The number of hydrogen-bond acceptors (Lipinski definition) is 1. The molecule has 18 heavy (non-hydrogen) atoms. The number of alkyl halides is 1. The monoisotopic (exact) mass is 315 g/mol. The molecular formula is C15H26BrNO. The molecule has 0 radical (unpaired) electrons. The van der Waals surface area contributed by atoms with Crippen LogP contribution < -0.4 is 0 Å². The van der Waals surface area contributed by atoms with E-state index >= 15 is 0 Å². The molecule has 1 amide bonds. The lowest BCUT2D eigenvalue weighted by molar-refractivity contribution is -0.137. The van der Waals surface area contributed by atoms with Crippen molar-refractivity contribution < 1.29 is 4.79 Å². The number of likely N-dealkylation sites (tertiary alicyclic amines) is 1. The Morgan fingerprint density at radius 1 is 1.06 bits per heavy atom. The molecule has 0 aromatic carbocycles. The van der Waals surface area contributed by atoms with Gasteiger partial charge in [-0.3, -0.25) is 4.79 Å². The SMILES string of the molecule is CC1CN(C(=O)C2CCCCCCC2)CCC1Br. The third-order valence-corrected chi connectivity index (χ3v) is 5.93. The fourth-order valence-corrected chi connectivity index (χ4v) is 3.65. The van der Waals surface area contributed by atoms with Crippen LogP contribution in [0.4, 0.5) is 0 Å². The summed E-state index contributed by atoms with van der Waals surface area (Å²) >= 11 is 3.71. The zero-order chi connectivity index (χ0) is 13.0. The highest BCUT2D eigenvalue weighted by molar-refractivity contribution is 9.09. The van der Waals surface area contributed by atoms with Gasteiger partial charge in [-0.25, -0.2) is 0 Å². The summed E-state index contributed by atoms with van der Waals surface area (Å²) in [5.41, 5.74) is 0. The summed E-state index contributed by atoms with van der Waals surface area (Å²) in [4.78, 5) is 15.3. The Labute approximate surface area is 120 Å². The van der Waals surface area contributed by atoms with Crippen LogP contribution >= 0.6 is 15.9 Å². The van der Waals surface area contributed by atoms with Crippen molar-refractivity contribution in [2.75, 3.05) is 13.1 Å². The predicted octanol–water partition coefficient (Wildman–Crippen LogP) is 3.98. The third-order valence-electron chi connectivity index (χ3n) is 4.57. The Kier molecular flexibility index (Phi) is 5.53. The molecule has 2 rings (SSSR count). The van der Waals surface area contributed by atoms with Crippen LogP contribution in [0.3, 0.4) is 0 Å². The topological polar surface area (TPSA) is 20.3 Å². The van der Waals surface area contributed by atoms with Crippen LogP contribution in [0.5, 0.6) is 0 Å². The van der Waals surface area contributed by atoms with Crippen LogP contribution in [0.2, 0.25) is 0 Å². The van der Waals surface area contributed by atoms with E-state index in [1.165, 1.54) is 32.1 Å². The first-order chi connectivity index (χ1) is 8.68. The molecule has 0 aromatic heterocycles. The van der Waals surface area contributed by atoms with Crippen molar-refractivity contribution in [1.29, 1.82) is 0 Å². The van der Waals surface area contributed by atoms with Gasteiger partial charge in [0.15, 0.2) is 0 Å². The van der Waals surface area contributed by atoms with Gasteiger partial charge in [0, 0.05) is 23.8 Å². The summed E-state index contributed by atoms with van der Waals surface area (Å²) in [6.45, 7) is 4.15. The highest BCUT2D eigenvalue weighted by Gasteiger charge is 2.30. The number of nitrogens with zero attached hydrogens (tertiary/aromatic N) is 1. The van der Waals surface area contributed by atoms with E-state index in [1.54, 1.807) is 0 Å². The maximum absolute atomic E-state index is 12.6. The van der Waals surface area contributed by atoms with E-state index in [0.29, 0.717) is 22.6 Å². The van der Waals surface area contributed by atoms with E-state index in [9.17, 15) is 4.79 Å². The standard InChI is InChI=1S/C15H26BrNO/c1-12-11-17(10-9-14(12)16)15(18)13-7-5-3-2-4-6-8-13/h12-14H,2-11H2,1H3. The van der Waals surface area contributed by atoms with Gasteiger partial charge in [0.1, 0.15) is 0 Å². The molecule has 2 unspecified atom stereocenters. The van der Waals surface area contributed by atoms with E-state index in [4.69, 9.17) is 0 Å². The van der Waals surface area contributed by atoms with Gasteiger partial charge in [-0.1, -0.05) is 55.0 Å². The third kappa shape index (κ3) is 3.72. The second-order valence-corrected chi connectivity index (χ2v) is 7.28. The van der Waals surface area contributed by atoms with Crippen molar-refractivity contribution in [3.8, 4) is 0 Å². The van der Waals surface area contributed by atoms with Crippen LogP contribution in [-0.2, 0) is 4.79 Å². The van der Waals surface area contributed by atoms with Crippen LogP contribution in [0.1, 0.15) is 58.3 Å². The zero-order valence-electron chi connectivity index (χ0n) is 11.5. The first-order valence-electron chi connectivity index (χ1n) is 7.61. The van der Waals surface area contributed by atoms with Gasteiger partial charge < -0.3 is 4.90 Å². The first kappa shape index (κ1) is 14.4. The fourth-order valence-electron chi connectivity index (χ4n) is 3.28. The molecule has 2 atom stereocenters. The number of rotatable bonds is 1. The van der Waals surface area contributed by atoms with Crippen LogP contribution in [0.25, 0.3) is 0 Å². The molecular weight excluding hydrogens is 290 g/mol. The van der Waals surface area contributed by atoms with Crippen molar-refractivity contribution in [2.24, 2.45) is 11.8 Å². The van der Waals surface area contributed by atoms with Gasteiger partial charge in [0.2, 0.25) is 5.91 Å². The summed E-state index contributed by atoms with van der Waals surface area (Å²) in [6.07, 6.45) is 9.88. The summed E-state index contributed by atoms with van der Waals surface area (Å²) in [7, 11) is 0. The molecule has 1 saturated carbocycles. The molecule has 2 nitrogen and oxygen atoms in total. The quantitative estimate of drug-likeness (QED) is 0.670. The second kappa shape index (κ2) is 6.93. The fraction of sp³-hybridized carbons (Fsp3) is 0.933. The van der Waals surface area contributed by atoms with Gasteiger partial charge >= 0.3 is 0 Å². The number of carbonyl (C=O) groups is 1. The number of halogens is 1. The molecule has 0 spiro atoms. The molecule has 1 aliphatic heterocycles. The van der Waals surface area contributed by atoms with Crippen molar-refractivity contribution in [1.82, 2.24) is 4.90 Å². The number of amides is 1. The van der Waals surface area contributed by atoms with Crippen LogP contribution in [-0.4, -0.2) is 28.7 Å². The largest absolute Gasteiger partial charge is 0.342 e. The Morgan fingerprint density at radius 2 is 1.67 bits per heavy atom. The number of hydrogen-bond donors (Lipinski definition) is 0. The number of carbonyl (C=O) groups excluding carboxylic acids is 1. The predicted molar refractivity (Wildman–Crippen MR) is 78.9 cm³/mol. The van der Waals surface area contributed by atoms with Gasteiger partial charge in [0.05, 0.1) is 0 Å². The minimum Gasteiger partial charge on any atom is -0.342 e. The number of piperidine rings is 1. The lowest BCUT2D eigenvalue weighted by Crippen LogP contribution is -2.45. The Balaban J connectivity index is 1.88. The molecule has 0 N–H and O–H groups in total. The maximum atomic E-state index is 12.6. The van der Waals surface area contributed by atoms with Crippen molar-refractivity contribution in [2.45, 2.75) is 63.1 Å². The molecule has 3 heteroatoms. The van der Waals surface area contributed by atoms with Crippen LogP contribution in [0, 0.1) is 11.8 Å². The van der Waals surface area contributed by atoms with Gasteiger partial charge in [-0.05, 0) is 25.2 Å². The second-order valence-electron chi connectivity index (χ2n) is 6.11. The molecule has 104 valence electrons. The molecule has 2 aliphatic rings. The van der Waals surface area contributed by atoms with Crippen molar-refractivity contribution in [3.63, 3.8) is 0 Å². The van der Waals surface area contributed by atoms with E-state index < -0.39 is 0 Å². The average molecular weight is 316 g/mol. The lowest BCUT2D eigenvalue weighted by Gasteiger charge is -2.36. The van der Waals surface area contributed by atoms with Gasteiger partial charge in [-0.15, -0.1) is 0 Å². The smallest absolute Gasteiger partial charge is 0.225 e. The van der Waals surface area contributed by atoms with E-state index in [-0.39, 0.29) is 0 Å². The van der Waals surface area contributed by atoms with Crippen LogP contribution in [0.15, 0.2) is 0 Å². The summed E-state index contributed by atoms with van der Waals surface area (Å²) < 4.78 is 0. The maximum Gasteiger partial charge on any atom is 0.225 e. The van der Waals surface area contributed by atoms with Gasteiger partial charge in [0.25, 0.3) is 0 Å². The summed E-state index contributed by atoms with van der Waals surface area (Å²) in [5.74, 6) is 1.36. The minimum absolute atomic E-state index is 0.323. The molecule has 2 fully saturated rings. The lowest BCUT2D eigenvalue weighted by atomic mass is 9.89. The average Bonchev–Trinajstić information content (AvgIpc) is 2.31. The van der Waals surface area contributed by atoms with E-state index in [1.807, 2.05) is 0 Å². The molecule has 1 heterocycles. The Hall–Kier alpha value is -0.0500. The Morgan fingerprint density at radius 3 is 2.28 bits per heavy atom. The highest BCUT2D eigenvalue weighted by atomic mass is 79.9. The molecule has 1 aliphatic carbocycles.